The second kappa shape index (κ2) is 8.20. The van der Waals surface area contributed by atoms with Crippen LogP contribution in [0.2, 0.25) is 0 Å². The van der Waals surface area contributed by atoms with Crippen LogP contribution in [-0.4, -0.2) is 43.2 Å². The number of nitrogens with two attached hydrogens (primary N) is 1. The van der Waals surface area contributed by atoms with Crippen molar-refractivity contribution in [1.29, 1.82) is 0 Å². The maximum absolute atomic E-state index is 5.68. The van der Waals surface area contributed by atoms with E-state index in [0.717, 1.165) is 43.2 Å². The Hall–Kier alpha value is -1.33. The quantitative estimate of drug-likeness (QED) is 0.796. The lowest BCUT2D eigenvalue weighted by molar-refractivity contribution is 0.183. The molecule has 0 saturated heterocycles. The Morgan fingerprint density at radius 1 is 1.29 bits per heavy atom. The third-order valence-corrected chi connectivity index (χ3v) is 4.21. The standard InChI is InChI=1S/C16H27N3O2/c1-20-15-8-10-18-14(16(15)21-2)12-19(11-5-9-17)13-6-3-4-7-13/h8,10,13H,3-7,9,11-12,17H2,1-2H3. The molecule has 118 valence electrons. The molecular formula is C16H27N3O2. The molecule has 1 saturated carbocycles. The van der Waals surface area contributed by atoms with Crippen molar-refractivity contribution in [3.63, 3.8) is 0 Å². The van der Waals surface area contributed by atoms with Gasteiger partial charge in [-0.05, 0) is 25.8 Å². The average molecular weight is 293 g/mol. The predicted molar refractivity (Wildman–Crippen MR) is 83.7 cm³/mol. The van der Waals surface area contributed by atoms with Gasteiger partial charge in [0.2, 0.25) is 0 Å². The number of nitrogens with zero attached hydrogens (tertiary/aromatic N) is 2. The van der Waals surface area contributed by atoms with E-state index < -0.39 is 0 Å². The van der Waals surface area contributed by atoms with Crippen LogP contribution in [0.15, 0.2) is 12.3 Å². The fourth-order valence-electron chi connectivity index (χ4n) is 3.11. The molecule has 2 N–H and O–H groups in total. The molecule has 0 amide bonds. The van der Waals surface area contributed by atoms with Crippen LogP contribution in [0, 0.1) is 0 Å². The molecule has 1 aromatic heterocycles. The molecular weight excluding hydrogens is 266 g/mol. The van der Waals surface area contributed by atoms with E-state index in [1.54, 1.807) is 20.4 Å². The number of ether oxygens (including phenoxy) is 2. The van der Waals surface area contributed by atoms with Gasteiger partial charge in [0, 0.05) is 31.4 Å². The number of hydrogen-bond acceptors (Lipinski definition) is 5. The van der Waals surface area contributed by atoms with Crippen LogP contribution in [0.5, 0.6) is 11.5 Å². The number of rotatable bonds is 8. The summed E-state index contributed by atoms with van der Waals surface area (Å²) >= 11 is 0. The Morgan fingerprint density at radius 2 is 2.05 bits per heavy atom. The lowest BCUT2D eigenvalue weighted by atomic mass is 10.1. The van der Waals surface area contributed by atoms with Crippen LogP contribution >= 0.6 is 0 Å². The summed E-state index contributed by atoms with van der Waals surface area (Å²) in [6, 6.07) is 2.48. The summed E-state index contributed by atoms with van der Waals surface area (Å²) in [6.45, 7) is 2.54. The average Bonchev–Trinajstić information content (AvgIpc) is 3.05. The third kappa shape index (κ3) is 4.08. The van der Waals surface area contributed by atoms with Crippen molar-refractivity contribution in [1.82, 2.24) is 9.88 Å². The highest BCUT2D eigenvalue weighted by atomic mass is 16.5. The highest BCUT2D eigenvalue weighted by Crippen LogP contribution is 2.32. The SMILES string of the molecule is COc1ccnc(CN(CCCN)C2CCCC2)c1OC. The van der Waals surface area contributed by atoms with E-state index >= 15 is 0 Å². The summed E-state index contributed by atoms with van der Waals surface area (Å²) in [7, 11) is 3.33. The molecule has 0 aliphatic heterocycles. The zero-order chi connectivity index (χ0) is 15.1. The van der Waals surface area contributed by atoms with Gasteiger partial charge in [0.15, 0.2) is 11.5 Å². The van der Waals surface area contributed by atoms with Crippen molar-refractivity contribution in [2.24, 2.45) is 5.73 Å². The molecule has 1 fully saturated rings. The topological polar surface area (TPSA) is 60.6 Å². The first-order valence-corrected chi connectivity index (χ1v) is 7.80. The van der Waals surface area contributed by atoms with Crippen LogP contribution in [0.3, 0.4) is 0 Å². The summed E-state index contributed by atoms with van der Waals surface area (Å²) in [5.74, 6) is 1.49. The number of pyridine rings is 1. The van der Waals surface area contributed by atoms with Gasteiger partial charge in [-0.3, -0.25) is 9.88 Å². The summed E-state index contributed by atoms with van der Waals surface area (Å²) in [5, 5.41) is 0. The van der Waals surface area contributed by atoms with Crippen LogP contribution in [-0.2, 0) is 6.54 Å². The molecule has 2 rings (SSSR count). The summed E-state index contributed by atoms with van der Waals surface area (Å²) in [5.41, 5.74) is 6.63. The van der Waals surface area contributed by atoms with Gasteiger partial charge in [0.05, 0.1) is 14.2 Å². The van der Waals surface area contributed by atoms with E-state index in [9.17, 15) is 0 Å². The summed E-state index contributed by atoms with van der Waals surface area (Å²) in [4.78, 5) is 7.00. The molecule has 5 heteroatoms. The molecule has 1 aliphatic rings. The Bertz CT molecular complexity index is 434. The molecule has 0 spiro atoms. The zero-order valence-corrected chi connectivity index (χ0v) is 13.2. The molecule has 0 atom stereocenters. The van der Waals surface area contributed by atoms with E-state index in [-0.39, 0.29) is 0 Å². The smallest absolute Gasteiger partial charge is 0.183 e. The van der Waals surface area contributed by atoms with E-state index in [2.05, 4.69) is 9.88 Å². The van der Waals surface area contributed by atoms with Crippen molar-refractivity contribution in [3.05, 3.63) is 18.0 Å². The minimum absolute atomic E-state index is 0.647. The van der Waals surface area contributed by atoms with Gasteiger partial charge in [0.25, 0.3) is 0 Å². The largest absolute Gasteiger partial charge is 0.493 e. The minimum atomic E-state index is 0.647. The predicted octanol–water partition coefficient (Wildman–Crippen LogP) is 2.19. The molecule has 21 heavy (non-hydrogen) atoms. The third-order valence-electron chi connectivity index (χ3n) is 4.21. The molecule has 0 unspecified atom stereocenters. The van der Waals surface area contributed by atoms with Crippen molar-refractivity contribution >= 4 is 0 Å². The Balaban J connectivity index is 2.15. The molecule has 0 radical (unpaired) electrons. The van der Waals surface area contributed by atoms with E-state index in [4.69, 9.17) is 15.2 Å². The second-order valence-corrected chi connectivity index (χ2v) is 5.54. The van der Waals surface area contributed by atoms with Gasteiger partial charge in [-0.15, -0.1) is 0 Å². The first-order valence-electron chi connectivity index (χ1n) is 7.80. The molecule has 0 bridgehead atoms. The highest BCUT2D eigenvalue weighted by Gasteiger charge is 2.24. The fourth-order valence-corrected chi connectivity index (χ4v) is 3.11. The van der Waals surface area contributed by atoms with Gasteiger partial charge in [-0.1, -0.05) is 12.8 Å². The summed E-state index contributed by atoms with van der Waals surface area (Å²) < 4.78 is 10.9. The maximum atomic E-state index is 5.68. The van der Waals surface area contributed by atoms with Gasteiger partial charge < -0.3 is 15.2 Å². The van der Waals surface area contributed by atoms with Gasteiger partial charge in [0.1, 0.15) is 5.69 Å². The number of methoxy groups -OCH3 is 2. The summed E-state index contributed by atoms with van der Waals surface area (Å²) in [6.07, 6.45) is 8.00. The normalized spacial score (nSPS) is 15.6. The van der Waals surface area contributed by atoms with Crippen LogP contribution in [0.25, 0.3) is 0 Å². The van der Waals surface area contributed by atoms with E-state index in [0.29, 0.717) is 6.04 Å². The van der Waals surface area contributed by atoms with E-state index in [1.807, 2.05) is 6.07 Å². The van der Waals surface area contributed by atoms with Crippen LogP contribution in [0.1, 0.15) is 37.8 Å². The van der Waals surface area contributed by atoms with Crippen LogP contribution < -0.4 is 15.2 Å². The van der Waals surface area contributed by atoms with Gasteiger partial charge in [-0.2, -0.15) is 0 Å². The van der Waals surface area contributed by atoms with Gasteiger partial charge in [-0.25, -0.2) is 0 Å². The minimum Gasteiger partial charge on any atom is -0.493 e. The van der Waals surface area contributed by atoms with Crippen molar-refractivity contribution in [2.45, 2.75) is 44.7 Å². The number of aromatic nitrogens is 1. The first kappa shape index (κ1) is 16.0. The first-order chi connectivity index (χ1) is 10.3. The lowest BCUT2D eigenvalue weighted by Gasteiger charge is -2.29. The van der Waals surface area contributed by atoms with Gasteiger partial charge >= 0.3 is 0 Å². The van der Waals surface area contributed by atoms with Crippen molar-refractivity contribution in [3.8, 4) is 11.5 Å². The second-order valence-electron chi connectivity index (χ2n) is 5.54. The molecule has 1 aromatic rings. The van der Waals surface area contributed by atoms with Crippen molar-refractivity contribution < 1.29 is 9.47 Å². The molecule has 1 aliphatic carbocycles. The van der Waals surface area contributed by atoms with Crippen molar-refractivity contribution in [2.75, 3.05) is 27.3 Å². The zero-order valence-electron chi connectivity index (χ0n) is 13.2. The molecule has 1 heterocycles. The van der Waals surface area contributed by atoms with Crippen LogP contribution in [0.4, 0.5) is 0 Å². The Morgan fingerprint density at radius 3 is 2.67 bits per heavy atom. The molecule has 0 aromatic carbocycles. The monoisotopic (exact) mass is 293 g/mol. The highest BCUT2D eigenvalue weighted by molar-refractivity contribution is 5.42. The fraction of sp³-hybridized carbons (Fsp3) is 0.688. The Kier molecular flexibility index (Phi) is 6.26. The molecule has 5 nitrogen and oxygen atoms in total. The number of hydrogen-bond donors (Lipinski definition) is 1. The Labute approximate surface area is 127 Å². The maximum Gasteiger partial charge on any atom is 0.183 e. The lowest BCUT2D eigenvalue weighted by Crippen LogP contribution is -2.35. The van der Waals surface area contributed by atoms with E-state index in [1.165, 1.54) is 25.7 Å².